The second-order valence-corrected chi connectivity index (χ2v) is 11.0. The third-order valence-corrected chi connectivity index (χ3v) is 8.10. The van der Waals surface area contributed by atoms with Crippen LogP contribution in [0.2, 0.25) is 0 Å². The normalized spacial score (nSPS) is 14.4. The van der Waals surface area contributed by atoms with E-state index in [0.29, 0.717) is 31.7 Å². The average molecular weight is 603 g/mol. The lowest BCUT2D eigenvalue weighted by Crippen LogP contribution is -2.42. The maximum atomic E-state index is 13.5. The summed E-state index contributed by atoms with van der Waals surface area (Å²) < 4.78 is 70.4. The molecular formula is C25H33F3N6O6S. The smallest absolute Gasteiger partial charge is 0.480 e. The SMILES string of the molecule is CCN(CC)c1ncc(N(CC)S(=O)(=O)C(F)(F)F)c(N[C@@H](Cc2ccc(OC(=O)N3CCCC3)cc2)C(=O)O)n1. The molecule has 0 saturated carbocycles. The lowest BCUT2D eigenvalue weighted by molar-refractivity contribution is -0.137. The largest absolute Gasteiger partial charge is 0.516 e. The van der Waals surface area contributed by atoms with Gasteiger partial charge in [0.1, 0.15) is 17.5 Å². The summed E-state index contributed by atoms with van der Waals surface area (Å²) in [5.74, 6) is -1.40. The number of benzene rings is 1. The Hall–Kier alpha value is -3.82. The van der Waals surface area contributed by atoms with Gasteiger partial charge in [-0.3, -0.25) is 4.31 Å². The van der Waals surface area contributed by atoms with Gasteiger partial charge in [0.2, 0.25) is 5.95 Å². The number of hydrogen-bond acceptors (Lipinski definition) is 9. The van der Waals surface area contributed by atoms with E-state index in [2.05, 4.69) is 15.3 Å². The van der Waals surface area contributed by atoms with E-state index in [1.807, 2.05) is 0 Å². The fourth-order valence-corrected chi connectivity index (χ4v) is 5.25. The van der Waals surface area contributed by atoms with Gasteiger partial charge in [-0.1, -0.05) is 12.1 Å². The number of halogens is 3. The molecule has 0 spiro atoms. The molecule has 2 N–H and O–H groups in total. The van der Waals surface area contributed by atoms with E-state index in [1.165, 1.54) is 19.1 Å². The Bertz CT molecular complexity index is 1320. The molecule has 0 unspecified atom stereocenters. The first kappa shape index (κ1) is 31.7. The first-order valence-corrected chi connectivity index (χ1v) is 14.5. The molecule has 1 atom stereocenters. The zero-order valence-electron chi connectivity index (χ0n) is 22.9. The standard InChI is InChI=1S/C25H33F3N6O6S/c1-4-32(5-2)23-29-16-20(34(6-3)41(38,39)25(26,27)28)21(31-23)30-19(22(35)36)15-17-9-11-18(12-10-17)40-24(37)33-13-7-8-14-33/h9-12,16,19H,4-8,13-15H2,1-3H3,(H,35,36)(H,29,30,31)/t19-/m0/s1. The quantitative estimate of drug-likeness (QED) is 0.369. The number of carbonyl (C=O) groups is 2. The van der Waals surface area contributed by atoms with Crippen LogP contribution in [0.5, 0.6) is 5.75 Å². The number of anilines is 3. The van der Waals surface area contributed by atoms with Crippen molar-refractivity contribution in [2.75, 3.05) is 47.2 Å². The number of ether oxygens (including phenoxy) is 1. The van der Waals surface area contributed by atoms with Crippen molar-refractivity contribution in [2.24, 2.45) is 0 Å². The highest BCUT2D eigenvalue weighted by atomic mass is 32.2. The summed E-state index contributed by atoms with van der Waals surface area (Å²) in [6.45, 7) is 6.29. The zero-order valence-corrected chi connectivity index (χ0v) is 23.7. The molecule has 16 heteroatoms. The van der Waals surface area contributed by atoms with Gasteiger partial charge in [-0.2, -0.15) is 26.6 Å². The molecule has 1 aromatic carbocycles. The molecule has 1 saturated heterocycles. The highest BCUT2D eigenvalue weighted by molar-refractivity contribution is 7.93. The minimum atomic E-state index is -5.84. The minimum absolute atomic E-state index is 0.0787. The molecule has 0 radical (unpaired) electrons. The molecule has 41 heavy (non-hydrogen) atoms. The van der Waals surface area contributed by atoms with E-state index in [-0.39, 0.29) is 28.2 Å². The summed E-state index contributed by atoms with van der Waals surface area (Å²) in [7, 11) is -5.84. The number of sulfonamides is 1. The summed E-state index contributed by atoms with van der Waals surface area (Å²) in [6, 6.07) is 4.70. The average Bonchev–Trinajstić information content (AvgIpc) is 3.46. The molecule has 2 aromatic rings. The highest BCUT2D eigenvalue weighted by Gasteiger charge is 2.50. The Balaban J connectivity index is 1.91. The topological polar surface area (TPSA) is 145 Å². The Morgan fingerprint density at radius 3 is 2.22 bits per heavy atom. The van der Waals surface area contributed by atoms with Gasteiger partial charge < -0.3 is 25.0 Å². The van der Waals surface area contributed by atoms with Crippen molar-refractivity contribution in [2.45, 2.75) is 51.6 Å². The summed E-state index contributed by atoms with van der Waals surface area (Å²) in [4.78, 5) is 36.0. The fraction of sp³-hybridized carbons (Fsp3) is 0.520. The van der Waals surface area contributed by atoms with Crippen LogP contribution in [0, 0.1) is 0 Å². The van der Waals surface area contributed by atoms with E-state index in [9.17, 15) is 36.3 Å². The number of carboxylic acid groups (broad SMARTS) is 1. The Kier molecular flexibility index (Phi) is 10.2. The number of aliphatic carboxylic acids is 1. The molecule has 0 bridgehead atoms. The molecule has 226 valence electrons. The van der Waals surface area contributed by atoms with E-state index < -0.39 is 45.9 Å². The van der Waals surface area contributed by atoms with Crippen molar-refractivity contribution >= 4 is 39.5 Å². The fourth-order valence-electron chi connectivity index (χ4n) is 4.27. The Morgan fingerprint density at radius 1 is 1.10 bits per heavy atom. The first-order valence-electron chi connectivity index (χ1n) is 13.1. The second-order valence-electron chi connectivity index (χ2n) is 9.14. The predicted molar refractivity (Wildman–Crippen MR) is 146 cm³/mol. The van der Waals surface area contributed by atoms with Crippen molar-refractivity contribution < 1.29 is 41.0 Å². The van der Waals surface area contributed by atoms with Gasteiger partial charge in [0.05, 0.1) is 6.20 Å². The lowest BCUT2D eigenvalue weighted by atomic mass is 10.1. The van der Waals surface area contributed by atoms with Gasteiger partial charge in [0.15, 0.2) is 5.82 Å². The molecule has 0 aliphatic carbocycles. The van der Waals surface area contributed by atoms with Crippen LogP contribution < -0.4 is 19.3 Å². The van der Waals surface area contributed by atoms with Gasteiger partial charge in [0.25, 0.3) is 0 Å². The lowest BCUT2D eigenvalue weighted by Gasteiger charge is -2.28. The van der Waals surface area contributed by atoms with Crippen molar-refractivity contribution in [1.29, 1.82) is 0 Å². The maximum Gasteiger partial charge on any atom is 0.516 e. The van der Waals surface area contributed by atoms with Crippen LogP contribution in [0.3, 0.4) is 0 Å². The van der Waals surface area contributed by atoms with Crippen LogP contribution in [-0.2, 0) is 21.2 Å². The third-order valence-electron chi connectivity index (χ3n) is 6.48. The van der Waals surface area contributed by atoms with Crippen molar-refractivity contribution in [3.8, 4) is 5.75 Å². The van der Waals surface area contributed by atoms with Gasteiger partial charge in [-0.25, -0.2) is 14.6 Å². The minimum Gasteiger partial charge on any atom is -0.480 e. The van der Waals surface area contributed by atoms with E-state index in [4.69, 9.17) is 4.74 Å². The summed E-state index contributed by atoms with van der Waals surface area (Å²) in [5.41, 5.74) is -5.65. The molecule has 2 heterocycles. The molecule has 1 aromatic heterocycles. The third kappa shape index (κ3) is 7.48. The first-order chi connectivity index (χ1) is 19.3. The number of rotatable bonds is 12. The summed E-state index contributed by atoms with van der Waals surface area (Å²) in [6.07, 6.45) is 2.10. The van der Waals surface area contributed by atoms with Gasteiger partial charge in [-0.05, 0) is 51.3 Å². The zero-order chi connectivity index (χ0) is 30.4. The van der Waals surface area contributed by atoms with Crippen molar-refractivity contribution in [1.82, 2.24) is 14.9 Å². The van der Waals surface area contributed by atoms with Crippen LogP contribution in [0.15, 0.2) is 30.5 Å². The number of amides is 1. The Labute approximate surface area is 236 Å². The molecule has 12 nitrogen and oxygen atoms in total. The second kappa shape index (κ2) is 13.2. The summed E-state index contributed by atoms with van der Waals surface area (Å²) in [5, 5.41) is 12.6. The van der Waals surface area contributed by atoms with Gasteiger partial charge >= 0.3 is 27.6 Å². The molecule has 3 rings (SSSR count). The number of carbonyl (C=O) groups excluding carboxylic acids is 1. The number of likely N-dealkylation sites (tertiary alicyclic amines) is 1. The van der Waals surface area contributed by atoms with E-state index >= 15 is 0 Å². The summed E-state index contributed by atoms with van der Waals surface area (Å²) >= 11 is 0. The molecule has 1 aliphatic heterocycles. The van der Waals surface area contributed by atoms with E-state index in [0.717, 1.165) is 19.0 Å². The van der Waals surface area contributed by atoms with Crippen LogP contribution in [0.1, 0.15) is 39.2 Å². The number of hydrogen-bond donors (Lipinski definition) is 2. The number of carboxylic acids is 1. The van der Waals surface area contributed by atoms with Crippen molar-refractivity contribution in [3.63, 3.8) is 0 Å². The molecule has 1 aliphatic rings. The van der Waals surface area contributed by atoms with E-state index in [1.54, 1.807) is 35.8 Å². The van der Waals surface area contributed by atoms with Crippen LogP contribution >= 0.6 is 0 Å². The monoisotopic (exact) mass is 602 g/mol. The number of nitrogens with zero attached hydrogens (tertiary/aromatic N) is 5. The van der Waals surface area contributed by atoms with Crippen LogP contribution in [-0.4, -0.2) is 84.7 Å². The number of alkyl halides is 3. The molecule has 1 amide bonds. The molecular weight excluding hydrogens is 569 g/mol. The van der Waals surface area contributed by atoms with Crippen LogP contribution in [0.4, 0.5) is 35.4 Å². The Morgan fingerprint density at radius 2 is 1.71 bits per heavy atom. The van der Waals surface area contributed by atoms with Gasteiger partial charge in [-0.15, -0.1) is 0 Å². The predicted octanol–water partition coefficient (Wildman–Crippen LogP) is 3.70. The van der Waals surface area contributed by atoms with Crippen molar-refractivity contribution in [3.05, 3.63) is 36.0 Å². The van der Waals surface area contributed by atoms with Gasteiger partial charge in [0, 0.05) is 39.1 Å². The highest BCUT2D eigenvalue weighted by Crippen LogP contribution is 2.35. The number of aromatic nitrogens is 2. The van der Waals surface area contributed by atoms with Crippen LogP contribution in [0.25, 0.3) is 0 Å². The number of nitrogens with one attached hydrogen (secondary N) is 1. The maximum absolute atomic E-state index is 13.5. The molecule has 1 fully saturated rings.